The number of amides is 1. The van der Waals surface area contributed by atoms with E-state index >= 15 is 0 Å². The molecule has 2 aromatic rings. The number of hydrogen-bond donors (Lipinski definition) is 2. The van der Waals surface area contributed by atoms with Crippen LogP contribution in [0.4, 0.5) is 5.69 Å². The van der Waals surface area contributed by atoms with E-state index in [1.807, 2.05) is 0 Å². The number of hydrogen-bond acceptors (Lipinski definition) is 5. The molecule has 1 amide bonds. The molecule has 6 nitrogen and oxygen atoms in total. The quantitative estimate of drug-likeness (QED) is 0.822. The fourth-order valence-corrected chi connectivity index (χ4v) is 1.66. The first kappa shape index (κ1) is 12.4. The van der Waals surface area contributed by atoms with E-state index in [4.69, 9.17) is 21.9 Å². The van der Waals surface area contributed by atoms with Crippen molar-refractivity contribution in [1.82, 2.24) is 15.5 Å². The normalized spacial score (nSPS) is 10.3. The number of carbonyl (C=O) groups excluding carboxylic acids is 1. The van der Waals surface area contributed by atoms with Crippen molar-refractivity contribution in [3.05, 3.63) is 40.5 Å². The van der Waals surface area contributed by atoms with Crippen LogP contribution < -0.4 is 11.1 Å². The molecule has 2 rings (SSSR count). The fraction of sp³-hybridized carbons (Fsp3) is 0.182. The molecule has 1 aromatic heterocycles. The van der Waals surface area contributed by atoms with Gasteiger partial charge < -0.3 is 15.6 Å². The molecule has 0 atom stereocenters. The van der Waals surface area contributed by atoms with Crippen LogP contribution in [0.3, 0.4) is 0 Å². The monoisotopic (exact) mass is 266 g/mol. The van der Waals surface area contributed by atoms with Gasteiger partial charge in [-0.05, 0) is 18.2 Å². The topological polar surface area (TPSA) is 94.0 Å². The van der Waals surface area contributed by atoms with E-state index in [1.54, 1.807) is 19.1 Å². The van der Waals surface area contributed by atoms with Gasteiger partial charge in [0.15, 0.2) is 5.82 Å². The minimum absolute atomic E-state index is 0.177. The molecule has 94 valence electrons. The Kier molecular flexibility index (Phi) is 3.47. The second-order valence-electron chi connectivity index (χ2n) is 3.65. The summed E-state index contributed by atoms with van der Waals surface area (Å²) >= 11 is 5.92. The number of anilines is 1. The number of aromatic nitrogens is 2. The van der Waals surface area contributed by atoms with Gasteiger partial charge in [-0.15, -0.1) is 0 Å². The Bertz CT molecular complexity index is 582. The van der Waals surface area contributed by atoms with Gasteiger partial charge in [-0.25, -0.2) is 0 Å². The SMILES string of the molecule is Cc1nc(CNC(=O)c2ccc(N)cc2Cl)no1. The first-order valence-electron chi connectivity index (χ1n) is 5.18. The van der Waals surface area contributed by atoms with Crippen LogP contribution in [0.15, 0.2) is 22.7 Å². The van der Waals surface area contributed by atoms with Crippen LogP contribution in [0.1, 0.15) is 22.1 Å². The minimum atomic E-state index is -0.317. The molecule has 0 aliphatic carbocycles. The zero-order chi connectivity index (χ0) is 13.1. The van der Waals surface area contributed by atoms with Gasteiger partial charge in [0.2, 0.25) is 5.89 Å². The maximum absolute atomic E-state index is 11.8. The Labute approximate surface area is 108 Å². The molecule has 3 N–H and O–H groups in total. The van der Waals surface area contributed by atoms with E-state index in [2.05, 4.69) is 15.5 Å². The van der Waals surface area contributed by atoms with Gasteiger partial charge in [0, 0.05) is 12.6 Å². The van der Waals surface area contributed by atoms with Crippen molar-refractivity contribution in [3.8, 4) is 0 Å². The standard InChI is InChI=1S/C11H11ClN4O2/c1-6-15-10(16-18-6)5-14-11(17)8-3-2-7(13)4-9(8)12/h2-4H,5,13H2,1H3,(H,14,17). The summed E-state index contributed by atoms with van der Waals surface area (Å²) in [6, 6.07) is 4.70. The highest BCUT2D eigenvalue weighted by atomic mass is 35.5. The molecule has 0 spiro atoms. The molecule has 0 aliphatic heterocycles. The van der Waals surface area contributed by atoms with Crippen LogP contribution in [0, 0.1) is 6.92 Å². The molecule has 0 aliphatic rings. The number of nitrogens with zero attached hydrogens (tertiary/aromatic N) is 2. The van der Waals surface area contributed by atoms with Gasteiger partial charge >= 0.3 is 0 Å². The van der Waals surface area contributed by atoms with Crippen LogP contribution in [0.5, 0.6) is 0 Å². The molecule has 0 radical (unpaired) electrons. The Balaban J connectivity index is 2.03. The largest absolute Gasteiger partial charge is 0.399 e. The van der Waals surface area contributed by atoms with E-state index in [0.717, 1.165) is 0 Å². The Hall–Kier alpha value is -2.08. The highest BCUT2D eigenvalue weighted by Gasteiger charge is 2.11. The van der Waals surface area contributed by atoms with Crippen LogP contribution in [-0.4, -0.2) is 16.0 Å². The highest BCUT2D eigenvalue weighted by Crippen LogP contribution is 2.18. The predicted molar refractivity (Wildman–Crippen MR) is 66.1 cm³/mol. The predicted octanol–water partition coefficient (Wildman–Crippen LogP) is 1.54. The summed E-state index contributed by atoms with van der Waals surface area (Å²) in [5.74, 6) is 0.541. The van der Waals surface area contributed by atoms with Crippen molar-refractivity contribution in [2.24, 2.45) is 0 Å². The molecule has 0 saturated carbocycles. The lowest BCUT2D eigenvalue weighted by molar-refractivity contribution is 0.0950. The summed E-state index contributed by atoms with van der Waals surface area (Å²) in [7, 11) is 0. The summed E-state index contributed by atoms with van der Waals surface area (Å²) in [4.78, 5) is 15.8. The van der Waals surface area contributed by atoms with E-state index in [9.17, 15) is 4.79 Å². The molecule has 7 heteroatoms. The van der Waals surface area contributed by atoms with Gasteiger partial charge in [0.25, 0.3) is 5.91 Å². The van der Waals surface area contributed by atoms with Crippen molar-refractivity contribution >= 4 is 23.2 Å². The van der Waals surface area contributed by atoms with Gasteiger partial charge in [-0.2, -0.15) is 4.98 Å². The summed E-state index contributed by atoms with van der Waals surface area (Å²) in [5.41, 5.74) is 6.40. The Morgan fingerprint density at radius 3 is 2.94 bits per heavy atom. The molecule has 1 heterocycles. The molecular weight excluding hydrogens is 256 g/mol. The van der Waals surface area contributed by atoms with Crippen LogP contribution in [-0.2, 0) is 6.54 Å². The third kappa shape index (κ3) is 2.78. The average Bonchev–Trinajstić information content (AvgIpc) is 2.72. The molecule has 1 aromatic carbocycles. The van der Waals surface area contributed by atoms with Crippen molar-refractivity contribution < 1.29 is 9.32 Å². The van der Waals surface area contributed by atoms with Gasteiger partial charge in [0.05, 0.1) is 17.1 Å². The third-order valence-electron chi connectivity index (χ3n) is 2.21. The number of nitrogens with one attached hydrogen (secondary N) is 1. The molecule has 18 heavy (non-hydrogen) atoms. The zero-order valence-electron chi connectivity index (χ0n) is 9.61. The summed E-state index contributed by atoms with van der Waals surface area (Å²) in [6.07, 6.45) is 0. The van der Waals surface area contributed by atoms with Crippen LogP contribution >= 0.6 is 11.6 Å². The lowest BCUT2D eigenvalue weighted by Gasteiger charge is -2.05. The average molecular weight is 267 g/mol. The first-order valence-corrected chi connectivity index (χ1v) is 5.56. The molecule has 0 saturated heterocycles. The third-order valence-corrected chi connectivity index (χ3v) is 2.53. The summed E-state index contributed by atoms with van der Waals surface area (Å²) in [6.45, 7) is 1.85. The summed E-state index contributed by atoms with van der Waals surface area (Å²) < 4.78 is 4.79. The van der Waals surface area contributed by atoms with E-state index in [0.29, 0.717) is 28.0 Å². The van der Waals surface area contributed by atoms with Crippen LogP contribution in [0.25, 0.3) is 0 Å². The molecule has 0 bridgehead atoms. The number of carbonyl (C=O) groups is 1. The number of nitrogen functional groups attached to an aromatic ring is 1. The van der Waals surface area contributed by atoms with Crippen molar-refractivity contribution in [2.75, 3.05) is 5.73 Å². The molecular formula is C11H11ClN4O2. The van der Waals surface area contributed by atoms with E-state index in [-0.39, 0.29) is 12.5 Å². The number of nitrogens with two attached hydrogens (primary N) is 1. The second-order valence-corrected chi connectivity index (χ2v) is 4.06. The zero-order valence-corrected chi connectivity index (χ0v) is 10.4. The first-order chi connectivity index (χ1) is 8.56. The van der Waals surface area contributed by atoms with Gasteiger partial charge in [0.1, 0.15) is 0 Å². The Morgan fingerprint density at radius 1 is 1.56 bits per heavy atom. The lowest BCUT2D eigenvalue weighted by atomic mass is 10.2. The van der Waals surface area contributed by atoms with Crippen molar-refractivity contribution in [2.45, 2.75) is 13.5 Å². The van der Waals surface area contributed by atoms with Crippen molar-refractivity contribution in [3.63, 3.8) is 0 Å². The van der Waals surface area contributed by atoms with E-state index in [1.165, 1.54) is 6.07 Å². The molecule has 0 fully saturated rings. The lowest BCUT2D eigenvalue weighted by Crippen LogP contribution is -2.23. The minimum Gasteiger partial charge on any atom is -0.399 e. The highest BCUT2D eigenvalue weighted by molar-refractivity contribution is 6.34. The van der Waals surface area contributed by atoms with Crippen LogP contribution in [0.2, 0.25) is 5.02 Å². The molecule has 0 unspecified atom stereocenters. The maximum Gasteiger partial charge on any atom is 0.253 e. The van der Waals surface area contributed by atoms with Gasteiger partial charge in [-0.1, -0.05) is 16.8 Å². The van der Waals surface area contributed by atoms with E-state index < -0.39 is 0 Å². The number of benzene rings is 1. The Morgan fingerprint density at radius 2 is 2.33 bits per heavy atom. The summed E-state index contributed by atoms with van der Waals surface area (Å²) in [5, 5.41) is 6.61. The van der Waals surface area contributed by atoms with Gasteiger partial charge in [-0.3, -0.25) is 4.79 Å². The van der Waals surface area contributed by atoms with Crippen molar-refractivity contribution in [1.29, 1.82) is 0 Å². The maximum atomic E-state index is 11.8. The number of rotatable bonds is 3. The fourth-order valence-electron chi connectivity index (χ4n) is 1.38. The smallest absolute Gasteiger partial charge is 0.253 e. The second kappa shape index (κ2) is 5.05. The number of aryl methyl sites for hydroxylation is 1. The number of halogens is 1.